The number of hydrogen-bond donors (Lipinski definition) is 0. The molecule has 3 nitrogen and oxygen atoms in total. The molecule has 0 radical (unpaired) electrons. The van der Waals surface area contributed by atoms with Gasteiger partial charge in [0.2, 0.25) is 0 Å². The summed E-state index contributed by atoms with van der Waals surface area (Å²) < 4.78 is 0. The summed E-state index contributed by atoms with van der Waals surface area (Å²) in [5.41, 5.74) is 4.45. The summed E-state index contributed by atoms with van der Waals surface area (Å²) in [6.45, 7) is 13.0. The highest BCUT2D eigenvalue weighted by Gasteiger charge is 2.16. The van der Waals surface area contributed by atoms with E-state index in [2.05, 4.69) is 36.6 Å². The second-order valence-electron chi connectivity index (χ2n) is 5.47. The molecule has 0 unspecified atom stereocenters. The minimum atomic E-state index is 0. The van der Waals surface area contributed by atoms with Crippen LogP contribution in [0.5, 0.6) is 0 Å². The van der Waals surface area contributed by atoms with E-state index in [9.17, 15) is 4.79 Å². The summed E-state index contributed by atoms with van der Waals surface area (Å²) in [6, 6.07) is 4.19. The van der Waals surface area contributed by atoms with Crippen LogP contribution >= 0.6 is 12.4 Å². The van der Waals surface area contributed by atoms with Crippen molar-refractivity contribution < 1.29 is 4.79 Å². The number of carbonyl (C=O) groups is 1. The first-order valence-corrected chi connectivity index (χ1v) is 7.14. The Kier molecular flexibility index (Phi) is 6.66. The van der Waals surface area contributed by atoms with Gasteiger partial charge in [-0.3, -0.25) is 9.69 Å². The second kappa shape index (κ2) is 7.77. The van der Waals surface area contributed by atoms with E-state index in [1.165, 1.54) is 11.1 Å². The number of nitrogens with zero attached hydrogens (tertiary/aromatic N) is 2. The molecule has 1 fully saturated rings. The summed E-state index contributed by atoms with van der Waals surface area (Å²) in [6.07, 6.45) is 0.973. The normalized spacial score (nSPS) is 16.8. The van der Waals surface area contributed by atoms with Crippen LogP contribution < -0.4 is 0 Å². The molecular weight excluding hydrogens is 272 g/mol. The number of aryl methyl sites for hydroxylation is 1. The molecule has 1 aliphatic rings. The molecule has 0 spiro atoms. The van der Waals surface area contributed by atoms with Gasteiger partial charge in [-0.1, -0.05) is 18.6 Å². The smallest absolute Gasteiger partial charge is 0.150 e. The molecule has 0 saturated carbocycles. The molecule has 1 saturated heterocycles. The Morgan fingerprint density at radius 2 is 1.70 bits per heavy atom. The fourth-order valence-electron chi connectivity index (χ4n) is 2.75. The van der Waals surface area contributed by atoms with Gasteiger partial charge >= 0.3 is 0 Å². The van der Waals surface area contributed by atoms with Crippen LogP contribution in [-0.4, -0.2) is 48.8 Å². The van der Waals surface area contributed by atoms with Crippen molar-refractivity contribution in [2.24, 2.45) is 0 Å². The zero-order valence-electron chi connectivity index (χ0n) is 12.7. The van der Waals surface area contributed by atoms with Gasteiger partial charge < -0.3 is 4.90 Å². The van der Waals surface area contributed by atoms with Crippen molar-refractivity contribution in [3.05, 3.63) is 34.4 Å². The molecule has 1 aromatic rings. The van der Waals surface area contributed by atoms with Crippen molar-refractivity contribution in [1.29, 1.82) is 0 Å². The van der Waals surface area contributed by atoms with Gasteiger partial charge in [0.25, 0.3) is 0 Å². The standard InChI is InChI=1S/C16H24N2O.ClH/c1-4-17-5-7-18(8-6-17)11-15-9-13(2)10-16(12-19)14(15)3;/h9-10,12H,4-8,11H2,1-3H3;1H. The van der Waals surface area contributed by atoms with Gasteiger partial charge in [0, 0.05) is 38.3 Å². The fraction of sp³-hybridized carbons (Fsp3) is 0.562. The molecule has 112 valence electrons. The van der Waals surface area contributed by atoms with Crippen LogP contribution in [0, 0.1) is 13.8 Å². The fourth-order valence-corrected chi connectivity index (χ4v) is 2.75. The quantitative estimate of drug-likeness (QED) is 0.798. The highest BCUT2D eigenvalue weighted by molar-refractivity contribution is 5.85. The number of halogens is 1. The van der Waals surface area contributed by atoms with Crippen molar-refractivity contribution in [2.75, 3.05) is 32.7 Å². The van der Waals surface area contributed by atoms with Crippen LogP contribution in [-0.2, 0) is 6.54 Å². The molecule has 20 heavy (non-hydrogen) atoms. The van der Waals surface area contributed by atoms with Crippen LogP contribution in [0.1, 0.15) is 34.0 Å². The minimum absolute atomic E-state index is 0. The highest BCUT2D eigenvalue weighted by Crippen LogP contribution is 2.18. The lowest BCUT2D eigenvalue weighted by molar-refractivity contribution is 0.112. The third-order valence-electron chi connectivity index (χ3n) is 4.13. The summed E-state index contributed by atoms with van der Waals surface area (Å²) >= 11 is 0. The SMILES string of the molecule is CCN1CCN(Cc2cc(C)cc(C=O)c2C)CC1.Cl. The van der Waals surface area contributed by atoms with Gasteiger partial charge in [-0.15, -0.1) is 12.4 Å². The molecule has 0 bridgehead atoms. The molecule has 2 rings (SSSR count). The van der Waals surface area contributed by atoms with E-state index in [4.69, 9.17) is 0 Å². The average Bonchev–Trinajstić information content (AvgIpc) is 2.43. The topological polar surface area (TPSA) is 23.6 Å². The predicted molar refractivity (Wildman–Crippen MR) is 85.9 cm³/mol. The molecule has 0 amide bonds. The van der Waals surface area contributed by atoms with Crippen molar-refractivity contribution in [3.8, 4) is 0 Å². The Morgan fingerprint density at radius 3 is 2.25 bits per heavy atom. The second-order valence-corrected chi connectivity index (χ2v) is 5.47. The molecule has 1 heterocycles. The monoisotopic (exact) mass is 296 g/mol. The lowest BCUT2D eigenvalue weighted by atomic mass is 9.99. The lowest BCUT2D eigenvalue weighted by Gasteiger charge is -2.34. The molecule has 1 aliphatic heterocycles. The Bertz CT molecular complexity index is 454. The maximum absolute atomic E-state index is 11.1. The molecule has 0 aliphatic carbocycles. The first-order chi connectivity index (χ1) is 9.13. The van der Waals surface area contributed by atoms with Crippen LogP contribution in [0.4, 0.5) is 0 Å². The van der Waals surface area contributed by atoms with Gasteiger partial charge in [0.15, 0.2) is 0 Å². The van der Waals surface area contributed by atoms with E-state index in [1.807, 2.05) is 6.07 Å². The first kappa shape index (κ1) is 17.2. The number of hydrogen-bond acceptors (Lipinski definition) is 3. The van der Waals surface area contributed by atoms with E-state index in [1.54, 1.807) is 0 Å². The Labute approximate surface area is 128 Å². The Morgan fingerprint density at radius 1 is 1.10 bits per heavy atom. The highest BCUT2D eigenvalue weighted by atomic mass is 35.5. The third kappa shape index (κ3) is 4.05. The Hall–Kier alpha value is -0.900. The number of piperazine rings is 1. The maximum Gasteiger partial charge on any atom is 0.150 e. The van der Waals surface area contributed by atoms with E-state index in [-0.39, 0.29) is 12.4 Å². The van der Waals surface area contributed by atoms with E-state index in [0.717, 1.165) is 56.7 Å². The summed E-state index contributed by atoms with van der Waals surface area (Å²) in [5, 5.41) is 0. The minimum Gasteiger partial charge on any atom is -0.301 e. The van der Waals surface area contributed by atoms with Gasteiger partial charge in [0.05, 0.1) is 0 Å². The van der Waals surface area contributed by atoms with E-state index < -0.39 is 0 Å². The van der Waals surface area contributed by atoms with E-state index >= 15 is 0 Å². The molecule has 1 aromatic carbocycles. The number of carbonyl (C=O) groups excluding carboxylic acids is 1. The summed E-state index contributed by atoms with van der Waals surface area (Å²) in [4.78, 5) is 16.1. The van der Waals surface area contributed by atoms with Crippen molar-refractivity contribution in [2.45, 2.75) is 27.3 Å². The van der Waals surface area contributed by atoms with Gasteiger partial charge in [-0.25, -0.2) is 0 Å². The zero-order valence-corrected chi connectivity index (χ0v) is 13.5. The number of benzene rings is 1. The zero-order chi connectivity index (χ0) is 13.8. The van der Waals surface area contributed by atoms with Crippen molar-refractivity contribution in [1.82, 2.24) is 9.80 Å². The van der Waals surface area contributed by atoms with Crippen LogP contribution in [0.3, 0.4) is 0 Å². The number of likely N-dealkylation sites (N-methyl/N-ethyl adjacent to an activating group) is 1. The van der Waals surface area contributed by atoms with Crippen LogP contribution in [0.15, 0.2) is 12.1 Å². The average molecular weight is 297 g/mol. The van der Waals surface area contributed by atoms with Gasteiger partial charge in [-0.05, 0) is 37.6 Å². The third-order valence-corrected chi connectivity index (χ3v) is 4.13. The van der Waals surface area contributed by atoms with Crippen LogP contribution in [0.2, 0.25) is 0 Å². The molecule has 0 aromatic heterocycles. The van der Waals surface area contributed by atoms with Gasteiger partial charge in [0.1, 0.15) is 6.29 Å². The maximum atomic E-state index is 11.1. The number of rotatable bonds is 4. The van der Waals surface area contributed by atoms with Crippen molar-refractivity contribution >= 4 is 18.7 Å². The summed E-state index contributed by atoms with van der Waals surface area (Å²) in [7, 11) is 0. The summed E-state index contributed by atoms with van der Waals surface area (Å²) in [5.74, 6) is 0. The lowest BCUT2D eigenvalue weighted by Crippen LogP contribution is -2.45. The van der Waals surface area contributed by atoms with E-state index in [0.29, 0.717) is 0 Å². The van der Waals surface area contributed by atoms with Crippen molar-refractivity contribution in [3.63, 3.8) is 0 Å². The number of aldehydes is 1. The van der Waals surface area contributed by atoms with Gasteiger partial charge in [-0.2, -0.15) is 0 Å². The Balaban J connectivity index is 0.00000200. The molecule has 0 atom stereocenters. The largest absolute Gasteiger partial charge is 0.301 e. The van der Waals surface area contributed by atoms with Crippen LogP contribution in [0.25, 0.3) is 0 Å². The predicted octanol–water partition coefficient (Wildman–Crippen LogP) is 2.68. The first-order valence-electron chi connectivity index (χ1n) is 7.14. The molecular formula is C16H25ClN2O. The molecule has 0 N–H and O–H groups in total. The molecule has 4 heteroatoms.